The molecule has 1 aromatic carbocycles. The number of hydrogen-bond donors (Lipinski definition) is 7. The summed E-state index contributed by atoms with van der Waals surface area (Å²) in [5.74, 6) is -3.79. The van der Waals surface area contributed by atoms with Gasteiger partial charge < -0.3 is 36.9 Å². The normalized spacial score (nSPS) is 16.3. The van der Waals surface area contributed by atoms with Gasteiger partial charge in [0.15, 0.2) is 6.04 Å². The van der Waals surface area contributed by atoms with Crippen LogP contribution in [-0.2, 0) is 25.6 Å². The lowest BCUT2D eigenvalue weighted by molar-refractivity contribution is -0.145. The number of nitrogens with two attached hydrogens (primary N) is 1. The molecule has 8 N–H and O–H groups in total. The molecule has 11 nitrogen and oxygen atoms in total. The molecule has 6 atom stereocenters. The smallest absolute Gasteiger partial charge is 0.328 e. The molecule has 3 amide bonds. The minimum Gasteiger partial charge on any atom is -0.480 e. The van der Waals surface area contributed by atoms with Crippen molar-refractivity contribution in [2.45, 2.75) is 77.7 Å². The second kappa shape index (κ2) is 13.2. The van der Waals surface area contributed by atoms with Crippen LogP contribution in [0.4, 0.5) is 0 Å². The highest BCUT2D eigenvalue weighted by atomic mass is 16.4. The number of carboxylic acids is 1. The molecule has 0 bridgehead atoms. The number of carbonyl (C=O) groups is 4. The first kappa shape index (κ1) is 29.8. The fourth-order valence-electron chi connectivity index (χ4n) is 3.93. The number of nitrogens with one attached hydrogen (secondary N) is 4. The van der Waals surface area contributed by atoms with Gasteiger partial charge in [-0.2, -0.15) is 0 Å². The summed E-state index contributed by atoms with van der Waals surface area (Å²) in [6, 6.07) is 3.01. The molecule has 2 aromatic rings. The highest BCUT2D eigenvalue weighted by molar-refractivity contribution is 5.95. The van der Waals surface area contributed by atoms with E-state index in [1.54, 1.807) is 20.0 Å². The number of aromatic amines is 1. The SMILES string of the molecule is CCC(C)C(N)C(=O)NC(Cc1c[nH]c2ccccc12)C(=O)NC(C(=O)NC(C(=O)O)C(C)O)C(C)C. The minimum absolute atomic E-state index is 0.112. The summed E-state index contributed by atoms with van der Waals surface area (Å²) in [5, 5.41) is 27.6. The molecule has 0 spiro atoms. The van der Waals surface area contributed by atoms with Gasteiger partial charge in [0, 0.05) is 23.5 Å². The average molecular weight is 518 g/mol. The van der Waals surface area contributed by atoms with Gasteiger partial charge in [-0.05, 0) is 30.4 Å². The van der Waals surface area contributed by atoms with E-state index < -0.39 is 59.9 Å². The Hall–Kier alpha value is -3.44. The number of benzene rings is 1. The number of H-pyrrole nitrogens is 1. The summed E-state index contributed by atoms with van der Waals surface area (Å²) >= 11 is 0. The lowest BCUT2D eigenvalue weighted by atomic mass is 9.97. The number of hydrogen-bond acceptors (Lipinski definition) is 6. The maximum Gasteiger partial charge on any atom is 0.328 e. The highest BCUT2D eigenvalue weighted by Gasteiger charge is 2.34. The first-order valence-corrected chi connectivity index (χ1v) is 12.5. The van der Waals surface area contributed by atoms with Crippen molar-refractivity contribution < 1.29 is 29.4 Å². The number of amides is 3. The van der Waals surface area contributed by atoms with Crippen LogP contribution in [-0.4, -0.2) is 69.2 Å². The Balaban J connectivity index is 2.31. The number of aliphatic carboxylic acids is 1. The van der Waals surface area contributed by atoms with Crippen LogP contribution in [0.15, 0.2) is 30.5 Å². The minimum atomic E-state index is -1.54. The quantitative estimate of drug-likeness (QED) is 0.203. The molecule has 0 radical (unpaired) electrons. The van der Waals surface area contributed by atoms with E-state index in [9.17, 15) is 29.4 Å². The van der Waals surface area contributed by atoms with Gasteiger partial charge in [-0.3, -0.25) is 14.4 Å². The molecular formula is C26H39N5O6. The van der Waals surface area contributed by atoms with Crippen molar-refractivity contribution in [2.75, 3.05) is 0 Å². The van der Waals surface area contributed by atoms with E-state index in [-0.39, 0.29) is 12.3 Å². The van der Waals surface area contributed by atoms with Gasteiger partial charge in [0.25, 0.3) is 0 Å². The van der Waals surface area contributed by atoms with Gasteiger partial charge in [0.05, 0.1) is 12.1 Å². The van der Waals surface area contributed by atoms with E-state index in [0.717, 1.165) is 16.5 Å². The molecule has 37 heavy (non-hydrogen) atoms. The van der Waals surface area contributed by atoms with E-state index in [2.05, 4.69) is 20.9 Å². The standard InChI is InChI=1S/C26H39N5O6/c1-6-14(4)20(27)24(34)29-19(11-16-12-28-18-10-8-7-9-17(16)18)23(33)30-21(13(2)3)25(35)31-22(15(5)32)26(36)37/h7-10,12-15,19-22,28,32H,6,11,27H2,1-5H3,(H,29,34)(H,30,33)(H,31,35)(H,36,37). The molecule has 0 saturated heterocycles. The van der Waals surface area contributed by atoms with E-state index in [1.807, 2.05) is 38.1 Å². The molecule has 0 aliphatic carbocycles. The van der Waals surface area contributed by atoms with Crippen molar-refractivity contribution in [1.82, 2.24) is 20.9 Å². The Morgan fingerprint density at radius 3 is 2.14 bits per heavy atom. The van der Waals surface area contributed by atoms with Crippen LogP contribution in [0.2, 0.25) is 0 Å². The van der Waals surface area contributed by atoms with E-state index in [0.29, 0.717) is 6.42 Å². The molecule has 0 aliphatic rings. The van der Waals surface area contributed by atoms with Gasteiger partial charge in [0.1, 0.15) is 12.1 Å². The maximum atomic E-state index is 13.5. The second-order valence-electron chi connectivity index (χ2n) is 9.83. The maximum absolute atomic E-state index is 13.5. The molecule has 0 fully saturated rings. The zero-order chi connectivity index (χ0) is 27.9. The molecule has 0 aliphatic heterocycles. The van der Waals surface area contributed by atoms with E-state index in [4.69, 9.17) is 5.73 Å². The summed E-state index contributed by atoms with van der Waals surface area (Å²) < 4.78 is 0. The fraction of sp³-hybridized carbons (Fsp3) is 0.538. The van der Waals surface area contributed by atoms with Crippen LogP contribution in [0.5, 0.6) is 0 Å². The van der Waals surface area contributed by atoms with E-state index >= 15 is 0 Å². The summed E-state index contributed by atoms with van der Waals surface area (Å²) in [7, 11) is 0. The number of aliphatic hydroxyl groups is 1. The largest absolute Gasteiger partial charge is 0.480 e. The summed E-state index contributed by atoms with van der Waals surface area (Å²) in [4.78, 5) is 53.8. The molecular weight excluding hydrogens is 478 g/mol. The number of carbonyl (C=O) groups excluding carboxylic acids is 3. The van der Waals surface area contributed by atoms with Crippen molar-refractivity contribution in [3.8, 4) is 0 Å². The number of para-hydroxylation sites is 1. The first-order chi connectivity index (χ1) is 17.4. The molecule has 0 saturated carbocycles. The first-order valence-electron chi connectivity index (χ1n) is 12.5. The predicted octanol–water partition coefficient (Wildman–Crippen LogP) is 0.660. The average Bonchev–Trinajstić information content (AvgIpc) is 3.26. The summed E-state index contributed by atoms with van der Waals surface area (Å²) in [5.41, 5.74) is 7.76. The van der Waals surface area contributed by atoms with Crippen LogP contribution in [0.3, 0.4) is 0 Å². The Morgan fingerprint density at radius 2 is 1.57 bits per heavy atom. The highest BCUT2D eigenvalue weighted by Crippen LogP contribution is 2.19. The summed E-state index contributed by atoms with van der Waals surface area (Å²) in [6.45, 7) is 8.38. The topological polar surface area (TPSA) is 187 Å². The molecule has 6 unspecified atom stereocenters. The third-order valence-corrected chi connectivity index (χ3v) is 6.58. The van der Waals surface area contributed by atoms with Gasteiger partial charge in [0.2, 0.25) is 17.7 Å². The number of carboxylic acid groups (broad SMARTS) is 1. The third-order valence-electron chi connectivity index (χ3n) is 6.58. The number of fused-ring (bicyclic) bond motifs is 1. The Morgan fingerprint density at radius 1 is 0.946 bits per heavy atom. The van der Waals surface area contributed by atoms with Crippen LogP contribution in [0.25, 0.3) is 10.9 Å². The number of aromatic nitrogens is 1. The molecule has 2 rings (SSSR count). The number of rotatable bonds is 13. The Kier molecular flexibility index (Phi) is 10.6. The van der Waals surface area contributed by atoms with Crippen molar-refractivity contribution in [3.63, 3.8) is 0 Å². The molecule has 11 heteroatoms. The molecule has 204 valence electrons. The van der Waals surface area contributed by atoms with Gasteiger partial charge >= 0.3 is 5.97 Å². The van der Waals surface area contributed by atoms with Gasteiger partial charge in [-0.1, -0.05) is 52.3 Å². The Bertz CT molecular complexity index is 1100. The summed E-state index contributed by atoms with van der Waals surface area (Å²) in [6.07, 6.45) is 1.23. The fourth-order valence-corrected chi connectivity index (χ4v) is 3.93. The lowest BCUT2D eigenvalue weighted by Gasteiger charge is -2.28. The second-order valence-corrected chi connectivity index (χ2v) is 9.83. The van der Waals surface area contributed by atoms with Crippen LogP contribution in [0.1, 0.15) is 46.6 Å². The van der Waals surface area contributed by atoms with Crippen LogP contribution in [0, 0.1) is 11.8 Å². The monoisotopic (exact) mass is 517 g/mol. The Labute approximate surface area is 216 Å². The van der Waals surface area contributed by atoms with Crippen molar-refractivity contribution in [3.05, 3.63) is 36.0 Å². The predicted molar refractivity (Wildman–Crippen MR) is 139 cm³/mol. The van der Waals surface area contributed by atoms with Gasteiger partial charge in [-0.15, -0.1) is 0 Å². The molecule has 1 aromatic heterocycles. The van der Waals surface area contributed by atoms with Crippen molar-refractivity contribution in [1.29, 1.82) is 0 Å². The number of aliphatic hydroxyl groups excluding tert-OH is 1. The van der Waals surface area contributed by atoms with E-state index in [1.165, 1.54) is 6.92 Å². The lowest BCUT2D eigenvalue weighted by Crippen LogP contribution is -2.60. The van der Waals surface area contributed by atoms with Crippen LogP contribution >= 0.6 is 0 Å². The van der Waals surface area contributed by atoms with Crippen LogP contribution < -0.4 is 21.7 Å². The van der Waals surface area contributed by atoms with Crippen molar-refractivity contribution >= 4 is 34.6 Å². The zero-order valence-corrected chi connectivity index (χ0v) is 21.9. The molecule has 1 heterocycles. The zero-order valence-electron chi connectivity index (χ0n) is 21.9. The third kappa shape index (κ3) is 7.77. The van der Waals surface area contributed by atoms with Crippen molar-refractivity contribution in [2.24, 2.45) is 17.6 Å². The van der Waals surface area contributed by atoms with Gasteiger partial charge in [-0.25, -0.2) is 4.79 Å².